The van der Waals surface area contributed by atoms with Gasteiger partial charge in [-0.2, -0.15) is 0 Å². The molecular formula is C24H28N6O2. The third kappa shape index (κ3) is 5.32. The number of benzene rings is 1. The second-order valence-corrected chi connectivity index (χ2v) is 7.89. The summed E-state index contributed by atoms with van der Waals surface area (Å²) >= 11 is 0. The topological polar surface area (TPSA) is 83.5 Å². The van der Waals surface area contributed by atoms with Crippen LogP contribution >= 0.6 is 0 Å². The first-order chi connectivity index (χ1) is 15.5. The Bertz CT molecular complexity index is 1070. The molecule has 1 N–H and O–H groups in total. The van der Waals surface area contributed by atoms with Crippen LogP contribution in [0, 0.1) is 13.8 Å². The lowest BCUT2D eigenvalue weighted by atomic mass is 10.2. The number of carbonyl (C=O) groups is 1. The fourth-order valence-corrected chi connectivity index (χ4v) is 3.68. The van der Waals surface area contributed by atoms with Crippen LogP contribution in [0.2, 0.25) is 0 Å². The molecule has 8 heteroatoms. The molecule has 1 unspecified atom stereocenters. The summed E-state index contributed by atoms with van der Waals surface area (Å²) in [6.07, 6.45) is 1.24. The Hall–Kier alpha value is -3.68. The molecule has 0 bridgehead atoms. The molecule has 1 aliphatic heterocycles. The molecule has 0 aliphatic carbocycles. The van der Waals surface area contributed by atoms with E-state index in [9.17, 15) is 4.79 Å². The van der Waals surface area contributed by atoms with E-state index in [1.54, 1.807) is 13.1 Å². The second-order valence-electron chi connectivity index (χ2n) is 7.89. The number of hydrogen-bond acceptors (Lipinski definition) is 7. The van der Waals surface area contributed by atoms with Crippen LogP contribution in [-0.4, -0.2) is 58.0 Å². The van der Waals surface area contributed by atoms with E-state index in [1.807, 2.05) is 67.3 Å². The van der Waals surface area contributed by atoms with Gasteiger partial charge in [-0.25, -0.2) is 15.0 Å². The van der Waals surface area contributed by atoms with E-state index in [4.69, 9.17) is 4.74 Å². The quantitative estimate of drug-likeness (QED) is 0.639. The van der Waals surface area contributed by atoms with Crippen LogP contribution in [0.25, 0.3) is 0 Å². The number of rotatable bonds is 6. The molecule has 1 amide bonds. The predicted molar refractivity (Wildman–Crippen MR) is 124 cm³/mol. The van der Waals surface area contributed by atoms with Gasteiger partial charge in [0.25, 0.3) is 5.91 Å². The zero-order chi connectivity index (χ0) is 22.5. The lowest BCUT2D eigenvalue weighted by Gasteiger charge is -2.36. The van der Waals surface area contributed by atoms with E-state index in [2.05, 4.69) is 25.2 Å². The molecule has 3 heterocycles. The molecule has 0 saturated carbocycles. The number of aryl methyl sites for hydroxylation is 2. The first kappa shape index (κ1) is 21.5. The molecule has 1 fully saturated rings. The van der Waals surface area contributed by atoms with Gasteiger partial charge in [0.05, 0.1) is 0 Å². The summed E-state index contributed by atoms with van der Waals surface area (Å²) in [5, 5.41) is 3.26. The molecule has 1 aliphatic rings. The van der Waals surface area contributed by atoms with Gasteiger partial charge in [0.1, 0.15) is 29.0 Å². The highest BCUT2D eigenvalue weighted by molar-refractivity contribution is 5.81. The number of anilines is 3. The summed E-state index contributed by atoms with van der Waals surface area (Å²) in [5.74, 6) is 3.67. The average Bonchev–Trinajstić information content (AvgIpc) is 2.79. The monoisotopic (exact) mass is 432 g/mol. The highest BCUT2D eigenvalue weighted by atomic mass is 16.5. The summed E-state index contributed by atoms with van der Waals surface area (Å²) in [6.45, 7) is 8.33. The molecule has 1 atom stereocenters. The van der Waals surface area contributed by atoms with Crippen molar-refractivity contribution < 1.29 is 9.53 Å². The minimum Gasteiger partial charge on any atom is -0.481 e. The second kappa shape index (κ2) is 9.64. The Morgan fingerprint density at radius 2 is 1.75 bits per heavy atom. The van der Waals surface area contributed by atoms with Crippen LogP contribution < -0.4 is 15.0 Å². The Balaban J connectivity index is 1.37. The van der Waals surface area contributed by atoms with Crippen molar-refractivity contribution in [2.24, 2.45) is 0 Å². The Kier molecular flexibility index (Phi) is 6.49. The Labute approximate surface area is 188 Å². The molecule has 0 radical (unpaired) electrons. The first-order valence-electron chi connectivity index (χ1n) is 10.8. The summed E-state index contributed by atoms with van der Waals surface area (Å²) in [4.78, 5) is 30.3. The number of nitrogens with one attached hydrogen (secondary N) is 1. The number of hydrogen-bond donors (Lipinski definition) is 1. The van der Waals surface area contributed by atoms with Crippen molar-refractivity contribution in [1.82, 2.24) is 19.9 Å². The Morgan fingerprint density at radius 1 is 1.00 bits per heavy atom. The zero-order valence-electron chi connectivity index (χ0n) is 18.7. The average molecular weight is 433 g/mol. The number of piperazine rings is 1. The normalized spacial score (nSPS) is 14.7. The number of ether oxygens (including phenoxy) is 1. The van der Waals surface area contributed by atoms with Gasteiger partial charge >= 0.3 is 0 Å². The first-order valence-corrected chi connectivity index (χ1v) is 10.8. The minimum atomic E-state index is -0.525. The molecule has 166 valence electrons. The van der Waals surface area contributed by atoms with E-state index in [0.717, 1.165) is 17.2 Å². The number of amides is 1. The number of nitrogens with zero attached hydrogens (tertiary/aromatic N) is 5. The fourth-order valence-electron chi connectivity index (χ4n) is 3.68. The van der Waals surface area contributed by atoms with Gasteiger partial charge in [0, 0.05) is 38.4 Å². The number of para-hydroxylation sites is 1. The molecule has 0 spiro atoms. The number of carbonyl (C=O) groups excluding carboxylic acids is 1. The summed E-state index contributed by atoms with van der Waals surface area (Å²) in [6, 6.07) is 15.3. The SMILES string of the molecule is Cc1ccnc(Nc2cc(N3CCN(C(=O)C(C)Oc4ccccc4)CC3)nc(C)n2)c1. The third-order valence-electron chi connectivity index (χ3n) is 5.32. The van der Waals surface area contributed by atoms with Crippen molar-refractivity contribution in [3.05, 3.63) is 66.1 Å². The van der Waals surface area contributed by atoms with Gasteiger partial charge in [0.2, 0.25) is 0 Å². The van der Waals surface area contributed by atoms with E-state index < -0.39 is 6.10 Å². The highest BCUT2D eigenvalue weighted by Crippen LogP contribution is 2.21. The maximum absolute atomic E-state index is 12.8. The molecule has 2 aromatic heterocycles. The maximum atomic E-state index is 12.8. The van der Waals surface area contributed by atoms with Crippen molar-refractivity contribution >= 4 is 23.4 Å². The largest absolute Gasteiger partial charge is 0.481 e. The molecular weight excluding hydrogens is 404 g/mol. The van der Waals surface area contributed by atoms with Gasteiger partial charge in [-0.05, 0) is 50.6 Å². The van der Waals surface area contributed by atoms with Gasteiger partial charge < -0.3 is 19.9 Å². The summed E-state index contributed by atoms with van der Waals surface area (Å²) in [5.41, 5.74) is 1.12. The van der Waals surface area contributed by atoms with Crippen molar-refractivity contribution in [2.75, 3.05) is 36.4 Å². The van der Waals surface area contributed by atoms with Gasteiger partial charge in [0.15, 0.2) is 6.10 Å². The fraction of sp³-hybridized carbons (Fsp3) is 0.333. The lowest BCUT2D eigenvalue weighted by Crippen LogP contribution is -2.52. The molecule has 1 saturated heterocycles. The molecule has 32 heavy (non-hydrogen) atoms. The summed E-state index contributed by atoms with van der Waals surface area (Å²) in [7, 11) is 0. The van der Waals surface area contributed by atoms with E-state index in [0.29, 0.717) is 43.6 Å². The highest BCUT2D eigenvalue weighted by Gasteiger charge is 2.27. The smallest absolute Gasteiger partial charge is 0.263 e. The van der Waals surface area contributed by atoms with Gasteiger partial charge in [-0.1, -0.05) is 18.2 Å². The maximum Gasteiger partial charge on any atom is 0.263 e. The van der Waals surface area contributed by atoms with E-state index >= 15 is 0 Å². The predicted octanol–water partition coefficient (Wildman–Crippen LogP) is 3.35. The van der Waals surface area contributed by atoms with Crippen LogP contribution in [0.15, 0.2) is 54.7 Å². The third-order valence-corrected chi connectivity index (χ3v) is 5.32. The molecule has 3 aromatic rings. The van der Waals surface area contributed by atoms with Gasteiger partial charge in [-0.3, -0.25) is 4.79 Å². The number of pyridine rings is 1. The molecule has 1 aromatic carbocycles. The van der Waals surface area contributed by atoms with Gasteiger partial charge in [-0.15, -0.1) is 0 Å². The Morgan fingerprint density at radius 3 is 2.47 bits per heavy atom. The zero-order valence-corrected chi connectivity index (χ0v) is 18.7. The number of aromatic nitrogens is 3. The van der Waals surface area contributed by atoms with Crippen LogP contribution in [0.1, 0.15) is 18.3 Å². The molecule has 8 nitrogen and oxygen atoms in total. The van der Waals surface area contributed by atoms with Crippen LogP contribution in [0.5, 0.6) is 5.75 Å². The van der Waals surface area contributed by atoms with Crippen LogP contribution in [0.4, 0.5) is 17.5 Å². The summed E-state index contributed by atoms with van der Waals surface area (Å²) < 4.78 is 5.80. The lowest BCUT2D eigenvalue weighted by molar-refractivity contribution is -0.138. The van der Waals surface area contributed by atoms with Crippen molar-refractivity contribution in [3.8, 4) is 5.75 Å². The molecule has 4 rings (SSSR count). The van der Waals surface area contributed by atoms with Crippen molar-refractivity contribution in [3.63, 3.8) is 0 Å². The van der Waals surface area contributed by atoms with Crippen molar-refractivity contribution in [2.45, 2.75) is 26.9 Å². The van der Waals surface area contributed by atoms with Crippen LogP contribution in [0.3, 0.4) is 0 Å². The van der Waals surface area contributed by atoms with Crippen LogP contribution in [-0.2, 0) is 4.79 Å². The standard InChI is InChI=1S/C24H28N6O2/c1-17-9-10-25-21(15-17)28-22-16-23(27-19(3)26-22)29-11-13-30(14-12-29)24(31)18(2)32-20-7-5-4-6-8-20/h4-10,15-16,18H,11-14H2,1-3H3,(H,25,26,27,28). The van der Waals surface area contributed by atoms with Crippen molar-refractivity contribution in [1.29, 1.82) is 0 Å². The minimum absolute atomic E-state index is 0.000230. The van der Waals surface area contributed by atoms with E-state index in [1.165, 1.54) is 0 Å². The van der Waals surface area contributed by atoms with E-state index in [-0.39, 0.29) is 5.91 Å².